The van der Waals surface area contributed by atoms with Crippen molar-refractivity contribution in [1.29, 1.82) is 0 Å². The van der Waals surface area contributed by atoms with Gasteiger partial charge in [-0.3, -0.25) is 9.48 Å². The van der Waals surface area contributed by atoms with Crippen LogP contribution in [0.5, 0.6) is 0 Å². The molecule has 0 radical (unpaired) electrons. The van der Waals surface area contributed by atoms with Crippen molar-refractivity contribution in [3.63, 3.8) is 0 Å². The second kappa shape index (κ2) is 8.36. The van der Waals surface area contributed by atoms with Crippen LogP contribution < -0.4 is 5.32 Å². The van der Waals surface area contributed by atoms with E-state index in [1.165, 1.54) is 15.6 Å². The van der Waals surface area contributed by atoms with E-state index in [0.29, 0.717) is 24.7 Å². The van der Waals surface area contributed by atoms with Gasteiger partial charge in [-0.25, -0.2) is 4.79 Å². The zero-order chi connectivity index (χ0) is 23.0. The molecule has 7 nitrogen and oxygen atoms in total. The smallest absolute Gasteiger partial charge is 0.416 e. The molecule has 0 bridgehead atoms. The number of rotatable bonds is 4. The summed E-state index contributed by atoms with van der Waals surface area (Å²) in [5.41, 5.74) is -2.45. The number of allylic oxidation sites excluding steroid dienone is 2. The number of carbonyl (C=O) groups excluding carboxylic acids is 1. The molecule has 170 valence electrons. The first kappa shape index (κ1) is 22.8. The summed E-state index contributed by atoms with van der Waals surface area (Å²) in [6.45, 7) is 0.217. The zero-order valence-corrected chi connectivity index (χ0v) is 15.9. The number of alkyl halides is 6. The van der Waals surface area contributed by atoms with Crippen LogP contribution in [0.3, 0.4) is 0 Å². The minimum atomic E-state index is -4.95. The quantitative estimate of drug-likeness (QED) is 0.686. The first-order valence-corrected chi connectivity index (χ1v) is 9.22. The summed E-state index contributed by atoms with van der Waals surface area (Å²) in [5, 5.41) is 15.4. The number of carboxylic acids is 1. The Kier molecular flexibility index (Phi) is 6.16. The number of carboxylic acid groups (broad SMARTS) is 1. The molecule has 0 fully saturated rings. The summed E-state index contributed by atoms with van der Waals surface area (Å²) in [6, 6.07) is -0.000321. The fourth-order valence-electron chi connectivity index (χ4n) is 3.42. The van der Waals surface area contributed by atoms with Crippen molar-refractivity contribution in [2.45, 2.75) is 44.3 Å². The fourth-order valence-corrected chi connectivity index (χ4v) is 3.42. The highest BCUT2D eigenvalue weighted by Gasteiger charge is 2.41. The summed E-state index contributed by atoms with van der Waals surface area (Å²) in [5.74, 6) is -1.75. The second-order valence-corrected chi connectivity index (χ2v) is 7.20. The van der Waals surface area contributed by atoms with Gasteiger partial charge in [0.2, 0.25) is 5.91 Å². The van der Waals surface area contributed by atoms with Crippen LogP contribution in [-0.4, -0.2) is 63.1 Å². The number of halogens is 6. The molecule has 1 atom stereocenters. The third-order valence-corrected chi connectivity index (χ3v) is 4.94. The summed E-state index contributed by atoms with van der Waals surface area (Å²) in [4.78, 5) is 25.0. The lowest BCUT2D eigenvalue weighted by Gasteiger charge is -2.26. The van der Waals surface area contributed by atoms with Crippen molar-refractivity contribution in [2.24, 2.45) is 0 Å². The molecule has 1 aromatic rings. The van der Waals surface area contributed by atoms with E-state index in [0.717, 1.165) is 0 Å². The van der Waals surface area contributed by atoms with Crippen molar-refractivity contribution >= 4 is 11.9 Å². The largest absolute Gasteiger partial charge is 0.476 e. The number of aromatic nitrogens is 2. The zero-order valence-electron chi connectivity index (χ0n) is 15.9. The molecular formula is C18H18F6N4O3. The van der Waals surface area contributed by atoms with E-state index in [4.69, 9.17) is 5.11 Å². The summed E-state index contributed by atoms with van der Waals surface area (Å²) in [7, 11) is 0. The van der Waals surface area contributed by atoms with E-state index in [1.54, 1.807) is 0 Å². The van der Waals surface area contributed by atoms with E-state index in [-0.39, 0.29) is 24.9 Å². The normalized spacial score (nSPS) is 19.9. The van der Waals surface area contributed by atoms with Crippen LogP contribution in [0.1, 0.15) is 29.0 Å². The first-order chi connectivity index (χ1) is 14.3. The number of carbonyl (C=O) groups is 2. The number of hydrogen-bond acceptors (Lipinski definition) is 4. The summed E-state index contributed by atoms with van der Waals surface area (Å²) >= 11 is 0. The Morgan fingerprint density at radius 1 is 1.16 bits per heavy atom. The third kappa shape index (κ3) is 5.46. The summed E-state index contributed by atoms with van der Waals surface area (Å²) in [6.07, 6.45) is -9.42. The molecule has 0 saturated heterocycles. The lowest BCUT2D eigenvalue weighted by Crippen LogP contribution is -2.42. The Morgan fingerprint density at radius 2 is 1.87 bits per heavy atom. The maximum absolute atomic E-state index is 13.0. The highest BCUT2D eigenvalue weighted by molar-refractivity contribution is 5.85. The van der Waals surface area contributed by atoms with E-state index in [2.05, 4.69) is 10.4 Å². The number of nitrogens with zero attached hydrogens (tertiary/aromatic N) is 3. The van der Waals surface area contributed by atoms with Gasteiger partial charge in [0, 0.05) is 24.7 Å². The molecule has 13 heteroatoms. The minimum Gasteiger partial charge on any atom is -0.476 e. The van der Waals surface area contributed by atoms with Crippen LogP contribution >= 0.6 is 0 Å². The number of aryl methyl sites for hydroxylation is 1. The molecule has 3 rings (SSSR count). The van der Waals surface area contributed by atoms with Gasteiger partial charge in [0.15, 0.2) is 5.69 Å². The van der Waals surface area contributed by atoms with Crippen molar-refractivity contribution in [3.8, 4) is 0 Å². The van der Waals surface area contributed by atoms with Crippen molar-refractivity contribution in [3.05, 3.63) is 40.8 Å². The standard InChI is InChI=1S/C18H18F6N4O3/c19-17(20,21)10-4-11(18(22,23)24)6-12(5-10)25-8-15(29)27-2-1-3-28-13(9-27)7-14(26-28)16(30)31/h4-5,7,12,25H,1-3,6,8-9H2,(H,30,31). The SMILES string of the molecule is O=C(O)c1cc2n(n1)CCCN(C(=O)CNC1C=C(C(F)(F)F)C=C(C(F)(F)F)C1)C2. The molecule has 1 amide bonds. The third-order valence-electron chi connectivity index (χ3n) is 4.94. The molecule has 0 spiro atoms. The van der Waals surface area contributed by atoms with Crippen molar-refractivity contribution in [1.82, 2.24) is 20.0 Å². The van der Waals surface area contributed by atoms with Crippen LogP contribution in [0.25, 0.3) is 0 Å². The maximum Gasteiger partial charge on any atom is 0.416 e. The highest BCUT2D eigenvalue weighted by Crippen LogP contribution is 2.38. The van der Waals surface area contributed by atoms with Gasteiger partial charge in [0.25, 0.3) is 0 Å². The molecule has 1 aliphatic heterocycles. The number of nitrogens with one attached hydrogen (secondary N) is 1. The molecule has 0 aromatic carbocycles. The average Bonchev–Trinajstić information content (AvgIpc) is 2.96. The molecule has 1 aliphatic carbocycles. The fraction of sp³-hybridized carbons (Fsp3) is 0.500. The Balaban J connectivity index is 1.67. The predicted molar refractivity (Wildman–Crippen MR) is 93.9 cm³/mol. The molecule has 1 unspecified atom stereocenters. The molecule has 0 saturated carbocycles. The summed E-state index contributed by atoms with van der Waals surface area (Å²) < 4.78 is 79.4. The molecule has 2 heterocycles. The Morgan fingerprint density at radius 3 is 2.48 bits per heavy atom. The average molecular weight is 452 g/mol. The number of amides is 1. The van der Waals surface area contributed by atoms with Crippen LogP contribution in [-0.2, 0) is 17.9 Å². The number of fused-ring (bicyclic) bond motifs is 1. The molecule has 2 N–H and O–H groups in total. The lowest BCUT2D eigenvalue weighted by atomic mass is 9.94. The van der Waals surface area contributed by atoms with E-state index in [9.17, 15) is 35.9 Å². The minimum absolute atomic E-state index is 0.0306. The van der Waals surface area contributed by atoms with Crippen LogP contribution in [0.15, 0.2) is 29.4 Å². The highest BCUT2D eigenvalue weighted by atomic mass is 19.4. The first-order valence-electron chi connectivity index (χ1n) is 9.22. The van der Waals surface area contributed by atoms with Gasteiger partial charge in [-0.15, -0.1) is 0 Å². The van der Waals surface area contributed by atoms with Crippen molar-refractivity contribution in [2.75, 3.05) is 13.1 Å². The van der Waals surface area contributed by atoms with Crippen LogP contribution in [0, 0.1) is 0 Å². The Labute approximate surface area is 172 Å². The molecule has 31 heavy (non-hydrogen) atoms. The van der Waals surface area contributed by atoms with Gasteiger partial charge in [0.05, 0.1) is 24.4 Å². The van der Waals surface area contributed by atoms with Gasteiger partial charge in [-0.2, -0.15) is 31.4 Å². The van der Waals surface area contributed by atoms with E-state index in [1.807, 2.05) is 0 Å². The van der Waals surface area contributed by atoms with Gasteiger partial charge in [-0.05, 0) is 25.0 Å². The molecular weight excluding hydrogens is 434 g/mol. The lowest BCUT2D eigenvalue weighted by molar-refractivity contribution is -0.130. The Bertz CT molecular complexity index is 932. The molecule has 1 aromatic heterocycles. The topological polar surface area (TPSA) is 87.5 Å². The van der Waals surface area contributed by atoms with E-state index < -0.39 is 54.4 Å². The number of aromatic carboxylic acids is 1. The van der Waals surface area contributed by atoms with Gasteiger partial charge in [-0.1, -0.05) is 6.08 Å². The monoisotopic (exact) mass is 452 g/mol. The van der Waals surface area contributed by atoms with Crippen molar-refractivity contribution < 1.29 is 41.0 Å². The Hall–Kier alpha value is -2.83. The second-order valence-electron chi connectivity index (χ2n) is 7.20. The van der Waals surface area contributed by atoms with Gasteiger partial charge >= 0.3 is 18.3 Å². The van der Waals surface area contributed by atoms with Gasteiger partial charge < -0.3 is 15.3 Å². The van der Waals surface area contributed by atoms with Crippen LogP contribution in [0.4, 0.5) is 26.3 Å². The predicted octanol–water partition coefficient (Wildman–Crippen LogP) is 2.65. The van der Waals surface area contributed by atoms with E-state index >= 15 is 0 Å². The maximum atomic E-state index is 13.0. The number of hydrogen-bond donors (Lipinski definition) is 2. The van der Waals surface area contributed by atoms with Gasteiger partial charge in [0.1, 0.15) is 0 Å². The molecule has 2 aliphatic rings. The van der Waals surface area contributed by atoms with Crippen LogP contribution in [0.2, 0.25) is 0 Å².